The van der Waals surface area contributed by atoms with Crippen molar-refractivity contribution in [2.24, 2.45) is 11.3 Å². The minimum absolute atomic E-state index is 0.148. The van der Waals surface area contributed by atoms with Gasteiger partial charge in [-0.25, -0.2) is 0 Å². The first kappa shape index (κ1) is 16.2. The number of aliphatic carboxylic acids is 1. The molecule has 3 atom stereocenters. The van der Waals surface area contributed by atoms with Gasteiger partial charge >= 0.3 is 5.97 Å². The summed E-state index contributed by atoms with van der Waals surface area (Å²) in [5.41, 5.74) is -1.30. The molecule has 1 fully saturated rings. The molecule has 110 valence electrons. The third-order valence-electron chi connectivity index (χ3n) is 3.79. The largest absolute Gasteiger partial charge is 0.481 e. The van der Waals surface area contributed by atoms with Crippen molar-refractivity contribution in [3.05, 3.63) is 12.2 Å². The fraction of sp³-hybridized carbons (Fsp3) is 0.800. The molecular weight excluding hydrogens is 244 g/mol. The summed E-state index contributed by atoms with van der Waals surface area (Å²) in [5, 5.41) is 29.0. The molecule has 0 aromatic heterocycles. The van der Waals surface area contributed by atoms with Crippen LogP contribution in [0, 0.1) is 11.3 Å². The highest BCUT2D eigenvalue weighted by molar-refractivity contribution is 5.68. The average molecular weight is 270 g/mol. The van der Waals surface area contributed by atoms with Gasteiger partial charge in [0.2, 0.25) is 0 Å². The van der Waals surface area contributed by atoms with Crippen LogP contribution in [-0.4, -0.2) is 33.0 Å². The summed E-state index contributed by atoms with van der Waals surface area (Å²) in [4.78, 5) is 10.8. The van der Waals surface area contributed by atoms with Crippen LogP contribution in [0.15, 0.2) is 12.2 Å². The van der Waals surface area contributed by atoms with Crippen LogP contribution in [0.25, 0.3) is 0 Å². The highest BCUT2D eigenvalue weighted by atomic mass is 16.4. The van der Waals surface area contributed by atoms with E-state index in [0.29, 0.717) is 12.8 Å². The maximum absolute atomic E-state index is 10.8. The SMILES string of the molecule is CC(C)(C)C(O)C=CC1CCCC(O)(CC(=O)O)C1. The zero-order valence-corrected chi connectivity index (χ0v) is 12.1. The normalized spacial score (nSPS) is 30.5. The van der Waals surface area contributed by atoms with E-state index in [9.17, 15) is 15.0 Å². The molecule has 3 N–H and O–H groups in total. The van der Waals surface area contributed by atoms with Crippen LogP contribution >= 0.6 is 0 Å². The lowest BCUT2D eigenvalue weighted by atomic mass is 9.76. The van der Waals surface area contributed by atoms with Crippen LogP contribution in [0.3, 0.4) is 0 Å². The topological polar surface area (TPSA) is 77.8 Å². The number of aliphatic hydroxyl groups is 2. The minimum Gasteiger partial charge on any atom is -0.481 e. The summed E-state index contributed by atoms with van der Waals surface area (Å²) in [6, 6.07) is 0. The van der Waals surface area contributed by atoms with E-state index in [0.717, 1.165) is 12.8 Å². The standard InChI is InChI=1S/C15H26O4/c1-14(2,3)12(16)7-6-11-5-4-8-15(19,9-11)10-13(17)18/h6-7,11-12,16,19H,4-5,8-10H2,1-3H3,(H,17,18). The van der Waals surface area contributed by atoms with Gasteiger partial charge in [0.15, 0.2) is 0 Å². The Hall–Kier alpha value is -0.870. The van der Waals surface area contributed by atoms with Gasteiger partial charge < -0.3 is 15.3 Å². The molecule has 0 spiro atoms. The predicted molar refractivity (Wildman–Crippen MR) is 73.8 cm³/mol. The summed E-state index contributed by atoms with van der Waals surface area (Å²) in [6.07, 6.45) is 5.76. The van der Waals surface area contributed by atoms with Crippen molar-refractivity contribution >= 4 is 5.97 Å². The van der Waals surface area contributed by atoms with E-state index < -0.39 is 17.7 Å². The van der Waals surface area contributed by atoms with Crippen LogP contribution in [0.4, 0.5) is 0 Å². The molecule has 1 rings (SSSR count). The van der Waals surface area contributed by atoms with Crippen LogP contribution < -0.4 is 0 Å². The van der Waals surface area contributed by atoms with Gasteiger partial charge in [-0.3, -0.25) is 4.79 Å². The number of aliphatic hydroxyl groups excluding tert-OH is 1. The van der Waals surface area contributed by atoms with Crippen molar-refractivity contribution in [1.82, 2.24) is 0 Å². The maximum atomic E-state index is 10.8. The fourth-order valence-electron chi connectivity index (χ4n) is 2.54. The Balaban J connectivity index is 2.60. The van der Waals surface area contributed by atoms with Crippen LogP contribution in [-0.2, 0) is 4.79 Å². The van der Waals surface area contributed by atoms with Gasteiger partial charge in [0.25, 0.3) is 0 Å². The zero-order chi connectivity index (χ0) is 14.7. The first-order valence-corrected chi connectivity index (χ1v) is 6.93. The second-order valence-electron chi connectivity index (χ2n) is 6.85. The number of hydrogen-bond donors (Lipinski definition) is 3. The Morgan fingerprint density at radius 2 is 2.11 bits per heavy atom. The molecule has 0 aromatic rings. The Morgan fingerprint density at radius 1 is 1.47 bits per heavy atom. The summed E-state index contributed by atoms with van der Waals surface area (Å²) < 4.78 is 0. The molecule has 0 bridgehead atoms. The lowest BCUT2D eigenvalue weighted by Gasteiger charge is -2.35. The van der Waals surface area contributed by atoms with Crippen molar-refractivity contribution in [3.63, 3.8) is 0 Å². The van der Waals surface area contributed by atoms with Gasteiger partial charge in [0.05, 0.1) is 18.1 Å². The highest BCUT2D eigenvalue weighted by Crippen LogP contribution is 2.35. The lowest BCUT2D eigenvalue weighted by molar-refractivity contribution is -0.144. The third-order valence-corrected chi connectivity index (χ3v) is 3.79. The molecule has 1 aliphatic rings. The number of hydrogen-bond acceptors (Lipinski definition) is 3. The molecular formula is C15H26O4. The van der Waals surface area contributed by atoms with Crippen molar-refractivity contribution in [1.29, 1.82) is 0 Å². The molecule has 0 amide bonds. The number of carboxylic acid groups (broad SMARTS) is 1. The van der Waals surface area contributed by atoms with Gasteiger partial charge in [-0.1, -0.05) is 32.9 Å². The molecule has 0 aromatic carbocycles. The van der Waals surface area contributed by atoms with E-state index in [1.165, 1.54) is 0 Å². The van der Waals surface area contributed by atoms with Crippen LogP contribution in [0.2, 0.25) is 0 Å². The minimum atomic E-state index is -1.09. The Bertz CT molecular complexity index is 343. The number of rotatable bonds is 4. The van der Waals surface area contributed by atoms with Gasteiger partial charge in [0, 0.05) is 0 Å². The molecule has 0 saturated heterocycles. The van der Waals surface area contributed by atoms with Crippen molar-refractivity contribution in [2.75, 3.05) is 0 Å². The van der Waals surface area contributed by atoms with Crippen molar-refractivity contribution in [2.45, 2.75) is 64.6 Å². The summed E-state index contributed by atoms with van der Waals surface area (Å²) in [6.45, 7) is 5.89. The maximum Gasteiger partial charge on any atom is 0.306 e. The summed E-state index contributed by atoms with van der Waals surface area (Å²) in [5.74, 6) is -0.808. The second-order valence-corrected chi connectivity index (χ2v) is 6.85. The molecule has 3 unspecified atom stereocenters. The number of carboxylic acids is 1. The third kappa shape index (κ3) is 5.33. The summed E-state index contributed by atoms with van der Waals surface area (Å²) in [7, 11) is 0. The molecule has 0 heterocycles. The van der Waals surface area contributed by atoms with E-state index in [2.05, 4.69) is 0 Å². The molecule has 4 nitrogen and oxygen atoms in total. The molecule has 0 aliphatic heterocycles. The van der Waals surface area contributed by atoms with Crippen molar-refractivity contribution < 1.29 is 20.1 Å². The van der Waals surface area contributed by atoms with E-state index in [1.807, 2.05) is 26.8 Å². The van der Waals surface area contributed by atoms with Gasteiger partial charge in [-0.05, 0) is 37.0 Å². The molecule has 0 radical (unpaired) electrons. The Labute approximate surface area is 115 Å². The fourth-order valence-corrected chi connectivity index (χ4v) is 2.54. The van der Waals surface area contributed by atoms with E-state index in [1.54, 1.807) is 6.08 Å². The zero-order valence-electron chi connectivity index (χ0n) is 12.1. The van der Waals surface area contributed by atoms with Gasteiger partial charge in [-0.2, -0.15) is 0 Å². The number of allylic oxidation sites excluding steroid dienone is 1. The van der Waals surface area contributed by atoms with E-state index in [-0.39, 0.29) is 17.8 Å². The lowest BCUT2D eigenvalue weighted by Crippen LogP contribution is -2.37. The monoisotopic (exact) mass is 270 g/mol. The smallest absolute Gasteiger partial charge is 0.306 e. The average Bonchev–Trinajstić information content (AvgIpc) is 2.22. The van der Waals surface area contributed by atoms with Crippen LogP contribution in [0.5, 0.6) is 0 Å². The second kappa shape index (κ2) is 6.06. The van der Waals surface area contributed by atoms with E-state index >= 15 is 0 Å². The molecule has 1 saturated carbocycles. The Kier molecular flexibility index (Phi) is 5.16. The van der Waals surface area contributed by atoms with Gasteiger partial charge in [0.1, 0.15) is 0 Å². The van der Waals surface area contributed by atoms with Gasteiger partial charge in [-0.15, -0.1) is 0 Å². The summed E-state index contributed by atoms with van der Waals surface area (Å²) >= 11 is 0. The van der Waals surface area contributed by atoms with Crippen molar-refractivity contribution in [3.8, 4) is 0 Å². The van der Waals surface area contributed by atoms with E-state index in [4.69, 9.17) is 5.11 Å². The predicted octanol–water partition coefficient (Wildman–Crippen LogP) is 2.35. The highest BCUT2D eigenvalue weighted by Gasteiger charge is 2.35. The quantitative estimate of drug-likeness (QED) is 0.685. The molecule has 4 heteroatoms. The number of carbonyl (C=O) groups is 1. The first-order chi connectivity index (χ1) is 8.62. The first-order valence-electron chi connectivity index (χ1n) is 6.93. The van der Waals surface area contributed by atoms with Crippen LogP contribution in [0.1, 0.15) is 52.9 Å². The Morgan fingerprint density at radius 3 is 2.63 bits per heavy atom. The molecule has 1 aliphatic carbocycles. The molecule has 19 heavy (non-hydrogen) atoms.